The van der Waals surface area contributed by atoms with Crippen molar-refractivity contribution in [2.24, 2.45) is 0 Å². The monoisotopic (exact) mass is 417 g/mol. The van der Waals surface area contributed by atoms with Gasteiger partial charge in [-0.15, -0.1) is 0 Å². The summed E-state index contributed by atoms with van der Waals surface area (Å²) in [6.07, 6.45) is 2.46. The lowest BCUT2D eigenvalue weighted by Gasteiger charge is -2.22. The van der Waals surface area contributed by atoms with E-state index in [1.54, 1.807) is 17.2 Å². The second kappa shape index (κ2) is 8.51. The Morgan fingerprint density at radius 1 is 1.13 bits per heavy atom. The number of nitrogens with zero attached hydrogens (tertiary/aromatic N) is 4. The summed E-state index contributed by atoms with van der Waals surface area (Å²) in [5.41, 5.74) is 2.77. The Balaban J connectivity index is 1.47. The number of hydrogen-bond acceptors (Lipinski definition) is 5. The number of amides is 2. The molecule has 4 rings (SSSR count). The van der Waals surface area contributed by atoms with Crippen molar-refractivity contribution in [2.75, 3.05) is 10.2 Å². The van der Waals surface area contributed by atoms with Crippen molar-refractivity contribution in [1.29, 1.82) is 0 Å². The lowest BCUT2D eigenvalue weighted by Crippen LogP contribution is -2.37. The van der Waals surface area contributed by atoms with Crippen LogP contribution >= 0.6 is 0 Å². The fraction of sp³-hybridized carbons (Fsp3) is 0.261. The molecule has 8 heteroatoms. The van der Waals surface area contributed by atoms with E-state index in [2.05, 4.69) is 15.4 Å². The normalized spacial score (nSPS) is 14.9. The molecule has 0 saturated carbocycles. The highest BCUT2D eigenvalue weighted by Gasteiger charge is 2.32. The van der Waals surface area contributed by atoms with Crippen molar-refractivity contribution in [3.8, 4) is 0 Å². The van der Waals surface area contributed by atoms with Crippen LogP contribution in [0.4, 0.5) is 11.5 Å². The van der Waals surface area contributed by atoms with Gasteiger partial charge in [-0.25, -0.2) is 9.67 Å². The average Bonchev–Trinajstić information content (AvgIpc) is 3.10. The molecule has 0 aliphatic carbocycles. The number of carbonyl (C=O) groups is 2. The highest BCUT2D eigenvalue weighted by atomic mass is 16.2. The van der Waals surface area contributed by atoms with E-state index in [4.69, 9.17) is 0 Å². The minimum atomic E-state index is -0.368. The number of benzene rings is 1. The zero-order chi connectivity index (χ0) is 22.0. The minimum Gasteiger partial charge on any atom is -0.311 e. The van der Waals surface area contributed by atoms with E-state index in [9.17, 15) is 14.4 Å². The van der Waals surface area contributed by atoms with Crippen LogP contribution in [0.1, 0.15) is 35.0 Å². The standard InChI is InChI=1S/C23H23N5O3/c1-15-7-9-20(24-14-15)25-21(29)11-12-27-22(30)10-8-18(26-27)23(31)28-16(2)13-17-5-3-4-6-19(17)28/h3-10,14,16H,11-13H2,1-2H3,(H,24,25,29). The molecule has 1 aliphatic heterocycles. The Bertz CT molecular complexity index is 1190. The summed E-state index contributed by atoms with van der Waals surface area (Å²) in [5.74, 6) is -0.107. The van der Waals surface area contributed by atoms with E-state index in [-0.39, 0.29) is 42.1 Å². The molecule has 0 saturated heterocycles. The SMILES string of the molecule is Cc1ccc(NC(=O)CCn2nc(C(=O)N3c4ccccc4CC3C)ccc2=O)nc1. The van der Waals surface area contributed by atoms with Gasteiger partial charge in [-0.05, 0) is 49.6 Å². The molecule has 3 aromatic rings. The maximum absolute atomic E-state index is 13.2. The zero-order valence-corrected chi connectivity index (χ0v) is 17.4. The van der Waals surface area contributed by atoms with Crippen molar-refractivity contribution in [3.63, 3.8) is 0 Å². The molecule has 0 radical (unpaired) electrons. The lowest BCUT2D eigenvalue weighted by molar-refractivity contribution is -0.116. The summed E-state index contributed by atoms with van der Waals surface area (Å²) < 4.78 is 1.15. The van der Waals surface area contributed by atoms with Gasteiger partial charge in [0.15, 0.2) is 0 Å². The van der Waals surface area contributed by atoms with Crippen LogP contribution in [0.15, 0.2) is 59.5 Å². The van der Waals surface area contributed by atoms with E-state index in [0.29, 0.717) is 5.82 Å². The molecule has 2 amide bonds. The number of fused-ring (bicyclic) bond motifs is 1. The number of hydrogen-bond donors (Lipinski definition) is 1. The summed E-state index contributed by atoms with van der Waals surface area (Å²) in [7, 11) is 0. The number of nitrogens with one attached hydrogen (secondary N) is 1. The quantitative estimate of drug-likeness (QED) is 0.688. The molecule has 3 heterocycles. The van der Waals surface area contributed by atoms with Crippen molar-refractivity contribution >= 4 is 23.3 Å². The summed E-state index contributed by atoms with van der Waals surface area (Å²) in [6, 6.07) is 14.1. The van der Waals surface area contributed by atoms with Gasteiger partial charge in [-0.2, -0.15) is 5.10 Å². The average molecular weight is 417 g/mol. The van der Waals surface area contributed by atoms with Crippen LogP contribution in [0.2, 0.25) is 0 Å². The van der Waals surface area contributed by atoms with Gasteiger partial charge in [0.1, 0.15) is 11.5 Å². The van der Waals surface area contributed by atoms with E-state index in [0.717, 1.165) is 27.9 Å². The molecule has 8 nitrogen and oxygen atoms in total. The minimum absolute atomic E-state index is 0.000125. The third-order valence-electron chi connectivity index (χ3n) is 5.24. The van der Waals surface area contributed by atoms with Gasteiger partial charge in [0.25, 0.3) is 11.5 Å². The summed E-state index contributed by atoms with van der Waals surface area (Å²) in [5, 5.41) is 6.92. The van der Waals surface area contributed by atoms with E-state index >= 15 is 0 Å². The molecule has 0 spiro atoms. The summed E-state index contributed by atoms with van der Waals surface area (Å²) in [4.78, 5) is 43.4. The van der Waals surface area contributed by atoms with E-state index in [1.807, 2.05) is 44.2 Å². The molecule has 1 aliphatic rings. The second-order valence-corrected chi connectivity index (χ2v) is 7.66. The molecule has 0 fully saturated rings. The van der Waals surface area contributed by atoms with Gasteiger partial charge in [0, 0.05) is 30.4 Å². The predicted octanol–water partition coefficient (Wildman–Crippen LogP) is 2.57. The highest BCUT2D eigenvalue weighted by Crippen LogP contribution is 2.32. The third-order valence-corrected chi connectivity index (χ3v) is 5.24. The number of pyridine rings is 1. The molecule has 1 aromatic carbocycles. The number of carbonyl (C=O) groups excluding carboxylic acids is 2. The largest absolute Gasteiger partial charge is 0.311 e. The first kappa shape index (κ1) is 20.5. The fourth-order valence-electron chi connectivity index (χ4n) is 3.68. The van der Waals surface area contributed by atoms with Crippen LogP contribution in [-0.2, 0) is 17.8 Å². The first-order valence-corrected chi connectivity index (χ1v) is 10.1. The molecule has 2 aromatic heterocycles. The maximum Gasteiger partial charge on any atom is 0.278 e. The van der Waals surface area contributed by atoms with Gasteiger partial charge in [0.05, 0.1) is 6.54 Å². The maximum atomic E-state index is 13.2. The van der Waals surface area contributed by atoms with Crippen LogP contribution in [0.3, 0.4) is 0 Å². The Morgan fingerprint density at radius 3 is 2.71 bits per heavy atom. The van der Waals surface area contributed by atoms with Crippen LogP contribution in [0.5, 0.6) is 0 Å². The van der Waals surface area contributed by atoms with Crippen molar-refractivity contribution in [2.45, 2.75) is 39.3 Å². The third kappa shape index (κ3) is 4.37. The van der Waals surface area contributed by atoms with E-state index < -0.39 is 0 Å². The molecule has 31 heavy (non-hydrogen) atoms. The Hall–Kier alpha value is -3.81. The van der Waals surface area contributed by atoms with Crippen LogP contribution in [0, 0.1) is 6.92 Å². The molecule has 1 atom stereocenters. The Morgan fingerprint density at radius 2 is 1.94 bits per heavy atom. The van der Waals surface area contributed by atoms with Crippen molar-refractivity contribution in [1.82, 2.24) is 14.8 Å². The highest BCUT2D eigenvalue weighted by molar-refractivity contribution is 6.06. The molecule has 0 bridgehead atoms. The smallest absolute Gasteiger partial charge is 0.278 e. The van der Waals surface area contributed by atoms with Crippen molar-refractivity contribution in [3.05, 3.63) is 81.9 Å². The lowest BCUT2D eigenvalue weighted by atomic mass is 10.1. The van der Waals surface area contributed by atoms with Crippen molar-refractivity contribution < 1.29 is 9.59 Å². The predicted molar refractivity (Wildman–Crippen MR) is 117 cm³/mol. The van der Waals surface area contributed by atoms with Crippen LogP contribution in [-0.4, -0.2) is 32.6 Å². The number of aromatic nitrogens is 3. The number of aryl methyl sites for hydroxylation is 2. The zero-order valence-electron chi connectivity index (χ0n) is 17.4. The fourth-order valence-corrected chi connectivity index (χ4v) is 3.68. The van der Waals surface area contributed by atoms with Gasteiger partial charge >= 0.3 is 0 Å². The summed E-state index contributed by atoms with van der Waals surface area (Å²) >= 11 is 0. The Labute approximate surface area is 179 Å². The van der Waals surface area contributed by atoms with E-state index in [1.165, 1.54) is 12.1 Å². The molecule has 1 unspecified atom stereocenters. The number of para-hydroxylation sites is 1. The van der Waals surface area contributed by atoms with Crippen LogP contribution in [0.25, 0.3) is 0 Å². The number of anilines is 2. The molecule has 158 valence electrons. The van der Waals surface area contributed by atoms with Crippen LogP contribution < -0.4 is 15.8 Å². The molecule has 1 N–H and O–H groups in total. The van der Waals surface area contributed by atoms with Gasteiger partial charge in [0.2, 0.25) is 5.91 Å². The number of rotatable bonds is 5. The first-order chi connectivity index (χ1) is 14.9. The second-order valence-electron chi connectivity index (χ2n) is 7.66. The Kier molecular flexibility index (Phi) is 5.62. The molecular weight excluding hydrogens is 394 g/mol. The summed E-state index contributed by atoms with van der Waals surface area (Å²) in [6.45, 7) is 3.95. The van der Waals surface area contributed by atoms with Gasteiger partial charge in [-0.3, -0.25) is 14.4 Å². The molecular formula is C23H23N5O3. The van der Waals surface area contributed by atoms with Gasteiger partial charge in [-0.1, -0.05) is 24.3 Å². The first-order valence-electron chi connectivity index (χ1n) is 10.1. The topological polar surface area (TPSA) is 97.2 Å². The van der Waals surface area contributed by atoms with Gasteiger partial charge < -0.3 is 10.2 Å².